The van der Waals surface area contributed by atoms with Crippen molar-refractivity contribution in [2.24, 2.45) is 0 Å². The fourth-order valence-corrected chi connectivity index (χ4v) is 4.46. The van der Waals surface area contributed by atoms with Crippen LogP contribution in [0, 0.1) is 4.77 Å². The van der Waals surface area contributed by atoms with E-state index in [2.05, 4.69) is 18.0 Å². The normalized spacial score (nSPS) is 13.6. The zero-order valence-corrected chi connectivity index (χ0v) is 14.0. The fourth-order valence-electron chi connectivity index (χ4n) is 2.47. The first kappa shape index (κ1) is 14.5. The van der Waals surface area contributed by atoms with Gasteiger partial charge in [-0.2, -0.15) is 0 Å². The molecule has 21 heavy (non-hydrogen) atoms. The summed E-state index contributed by atoms with van der Waals surface area (Å²) in [5.41, 5.74) is 1.39. The van der Waals surface area contributed by atoms with E-state index in [9.17, 15) is 8.42 Å². The number of benzene rings is 1. The first-order valence-corrected chi connectivity index (χ1v) is 9.54. The Balaban J connectivity index is 2.31. The Labute approximate surface area is 132 Å². The lowest BCUT2D eigenvalue weighted by Gasteiger charge is -2.13. The van der Waals surface area contributed by atoms with E-state index < -0.39 is 9.84 Å². The Kier molecular flexibility index (Phi) is 3.51. The zero-order chi connectivity index (χ0) is 15.2. The summed E-state index contributed by atoms with van der Waals surface area (Å²) in [7, 11) is -3.30. The molecule has 1 aromatic carbocycles. The third-order valence-electron chi connectivity index (χ3n) is 3.46. The van der Waals surface area contributed by atoms with E-state index in [0.717, 1.165) is 5.52 Å². The van der Waals surface area contributed by atoms with Crippen LogP contribution in [0.15, 0.2) is 40.6 Å². The van der Waals surface area contributed by atoms with Crippen molar-refractivity contribution in [3.05, 3.63) is 45.4 Å². The van der Waals surface area contributed by atoms with Gasteiger partial charge >= 0.3 is 0 Å². The van der Waals surface area contributed by atoms with E-state index in [0.29, 0.717) is 10.3 Å². The number of nitrogens with zero attached hydrogens (tertiary/aromatic N) is 1. The van der Waals surface area contributed by atoms with Crippen LogP contribution in [0.2, 0.25) is 0 Å². The molecule has 1 atom stereocenters. The molecule has 3 rings (SSSR count). The summed E-state index contributed by atoms with van der Waals surface area (Å²) < 4.78 is 26.3. The van der Waals surface area contributed by atoms with Gasteiger partial charge in [0.25, 0.3) is 0 Å². The lowest BCUT2D eigenvalue weighted by atomic mass is 10.2. The third kappa shape index (κ3) is 2.45. The average Bonchev–Trinajstić information content (AvgIpc) is 3.02. The fraction of sp³-hybridized carbons (Fsp3) is 0.214. The topological polar surface area (TPSA) is 54.9 Å². The summed E-state index contributed by atoms with van der Waals surface area (Å²) in [4.78, 5) is 4.51. The molecular formula is C14H14N2O2S3. The predicted octanol–water partition coefficient (Wildman–Crippen LogP) is 3.77. The molecule has 110 valence electrons. The summed E-state index contributed by atoms with van der Waals surface area (Å²) in [5, 5.41) is 2.02. The lowest BCUT2D eigenvalue weighted by Crippen LogP contribution is -2.05. The number of aromatic amines is 1. The molecule has 3 aromatic rings. The minimum Gasteiger partial charge on any atom is -0.329 e. The Morgan fingerprint density at radius 3 is 2.67 bits per heavy atom. The van der Waals surface area contributed by atoms with Crippen molar-refractivity contribution >= 4 is 44.4 Å². The molecule has 2 aromatic heterocycles. The van der Waals surface area contributed by atoms with E-state index in [-0.39, 0.29) is 10.9 Å². The van der Waals surface area contributed by atoms with Crippen molar-refractivity contribution in [1.82, 2.24) is 9.55 Å². The van der Waals surface area contributed by atoms with Gasteiger partial charge in [0.05, 0.1) is 22.0 Å². The van der Waals surface area contributed by atoms with Crippen LogP contribution in [0.3, 0.4) is 0 Å². The van der Waals surface area contributed by atoms with Gasteiger partial charge in [-0.15, -0.1) is 11.3 Å². The number of nitrogens with one attached hydrogen (secondary N) is 1. The molecule has 2 heterocycles. The van der Waals surface area contributed by atoms with E-state index in [1.807, 2.05) is 22.1 Å². The molecule has 0 saturated carbocycles. The van der Waals surface area contributed by atoms with Crippen molar-refractivity contribution in [1.29, 1.82) is 0 Å². The van der Waals surface area contributed by atoms with Crippen LogP contribution >= 0.6 is 23.6 Å². The number of rotatable bonds is 3. The van der Waals surface area contributed by atoms with E-state index >= 15 is 0 Å². The molecule has 0 aliphatic carbocycles. The number of thiophene rings is 1. The SMILES string of the molecule is CC(c1cccs1)n1c(=S)[nH]c2c(S(C)(=O)=O)cccc21. The molecule has 0 saturated heterocycles. The highest BCUT2D eigenvalue weighted by Gasteiger charge is 2.18. The molecule has 0 aliphatic heterocycles. The standard InChI is InChI=1S/C14H14N2O2S3/c1-9(11-6-4-8-20-11)16-10-5-3-7-12(21(2,17)18)13(10)15-14(16)19/h3-9H,1-2H3,(H,15,19). The summed E-state index contributed by atoms with van der Waals surface area (Å²) >= 11 is 7.06. The lowest BCUT2D eigenvalue weighted by molar-refractivity contribution is 0.602. The molecule has 0 bridgehead atoms. The summed E-state index contributed by atoms with van der Waals surface area (Å²) in [6.45, 7) is 2.06. The van der Waals surface area contributed by atoms with Crippen LogP contribution in [0.25, 0.3) is 11.0 Å². The maximum absolute atomic E-state index is 11.9. The quantitative estimate of drug-likeness (QED) is 0.740. The second-order valence-corrected chi connectivity index (χ2v) is 8.26. The van der Waals surface area contributed by atoms with Crippen LogP contribution in [-0.2, 0) is 9.84 Å². The largest absolute Gasteiger partial charge is 0.329 e. The zero-order valence-electron chi connectivity index (χ0n) is 11.5. The number of H-pyrrole nitrogens is 1. The van der Waals surface area contributed by atoms with Crippen LogP contribution < -0.4 is 0 Å². The molecule has 0 spiro atoms. The number of hydrogen-bond donors (Lipinski definition) is 1. The number of fused-ring (bicyclic) bond motifs is 1. The third-order valence-corrected chi connectivity index (χ3v) is 5.94. The predicted molar refractivity (Wildman–Crippen MR) is 88.4 cm³/mol. The minimum atomic E-state index is -3.30. The summed E-state index contributed by atoms with van der Waals surface area (Å²) in [6.07, 6.45) is 1.21. The Morgan fingerprint density at radius 1 is 1.29 bits per heavy atom. The van der Waals surface area contributed by atoms with E-state index in [1.54, 1.807) is 23.5 Å². The van der Waals surface area contributed by atoms with Gasteiger partial charge in [-0.1, -0.05) is 12.1 Å². The molecule has 1 N–H and O–H groups in total. The monoisotopic (exact) mass is 338 g/mol. The Bertz CT molecular complexity index is 950. The highest BCUT2D eigenvalue weighted by molar-refractivity contribution is 7.91. The average molecular weight is 338 g/mol. The van der Waals surface area contributed by atoms with Gasteiger partial charge in [0.1, 0.15) is 0 Å². The highest BCUT2D eigenvalue weighted by Crippen LogP contribution is 2.29. The number of aromatic nitrogens is 2. The smallest absolute Gasteiger partial charge is 0.178 e. The first-order valence-electron chi connectivity index (χ1n) is 6.36. The number of hydrogen-bond acceptors (Lipinski definition) is 4. The van der Waals surface area contributed by atoms with Crippen LogP contribution in [-0.4, -0.2) is 24.2 Å². The molecule has 0 aliphatic rings. The van der Waals surface area contributed by atoms with Crippen molar-refractivity contribution in [3.8, 4) is 0 Å². The summed E-state index contributed by atoms with van der Waals surface area (Å²) in [5.74, 6) is 0. The van der Waals surface area contributed by atoms with Gasteiger partial charge in [0, 0.05) is 11.1 Å². The van der Waals surface area contributed by atoms with E-state index in [4.69, 9.17) is 12.2 Å². The van der Waals surface area contributed by atoms with Crippen LogP contribution in [0.4, 0.5) is 0 Å². The Hall–Kier alpha value is -1.44. The molecule has 7 heteroatoms. The first-order chi connectivity index (χ1) is 9.89. The molecule has 0 amide bonds. The van der Waals surface area contributed by atoms with Gasteiger partial charge in [0.2, 0.25) is 0 Å². The molecule has 0 fully saturated rings. The number of para-hydroxylation sites is 1. The van der Waals surface area contributed by atoms with Gasteiger partial charge in [-0.25, -0.2) is 8.42 Å². The van der Waals surface area contributed by atoms with Crippen LogP contribution in [0.1, 0.15) is 17.8 Å². The molecular weight excluding hydrogens is 324 g/mol. The maximum Gasteiger partial charge on any atom is 0.178 e. The number of sulfone groups is 1. The summed E-state index contributed by atoms with van der Waals surface area (Å²) in [6, 6.07) is 9.34. The van der Waals surface area contributed by atoms with Gasteiger partial charge < -0.3 is 9.55 Å². The van der Waals surface area contributed by atoms with Gasteiger partial charge in [0.15, 0.2) is 14.6 Å². The minimum absolute atomic E-state index is 0.0565. The molecule has 4 nitrogen and oxygen atoms in total. The van der Waals surface area contributed by atoms with Crippen molar-refractivity contribution in [3.63, 3.8) is 0 Å². The van der Waals surface area contributed by atoms with Crippen molar-refractivity contribution < 1.29 is 8.42 Å². The maximum atomic E-state index is 11.9. The molecule has 0 radical (unpaired) electrons. The second kappa shape index (κ2) is 5.08. The van der Waals surface area contributed by atoms with Crippen molar-refractivity contribution in [2.75, 3.05) is 6.26 Å². The number of imidazole rings is 1. The van der Waals surface area contributed by atoms with Crippen LogP contribution in [0.5, 0.6) is 0 Å². The van der Waals surface area contributed by atoms with E-state index in [1.165, 1.54) is 11.1 Å². The van der Waals surface area contributed by atoms with Gasteiger partial charge in [-0.05, 0) is 42.7 Å². The second-order valence-electron chi connectivity index (χ2n) is 4.91. The molecule has 1 unspecified atom stereocenters. The van der Waals surface area contributed by atoms with Gasteiger partial charge in [-0.3, -0.25) is 0 Å². The highest BCUT2D eigenvalue weighted by atomic mass is 32.2. The Morgan fingerprint density at radius 2 is 2.05 bits per heavy atom. The van der Waals surface area contributed by atoms with Crippen molar-refractivity contribution in [2.45, 2.75) is 17.9 Å².